The zero-order chi connectivity index (χ0) is 21.7. The lowest BCUT2D eigenvalue weighted by Crippen LogP contribution is -2.12. The lowest BCUT2D eigenvalue weighted by molar-refractivity contribution is -0.144. The fraction of sp³-hybridized carbons (Fsp3) is 0.600. The average Bonchev–Trinajstić information content (AvgIpc) is 3.11. The van der Waals surface area contributed by atoms with Gasteiger partial charge in [0.2, 0.25) is 0 Å². The van der Waals surface area contributed by atoms with E-state index in [0.29, 0.717) is 64.8 Å². The van der Waals surface area contributed by atoms with Crippen LogP contribution in [0, 0.1) is 21.8 Å². The molecule has 4 bridgehead atoms. The number of carbonyl (C=O) groups excluding carboxylic acids is 2. The number of esters is 2. The van der Waals surface area contributed by atoms with E-state index in [-0.39, 0.29) is 11.9 Å². The van der Waals surface area contributed by atoms with Crippen LogP contribution >= 0.6 is 47.1 Å². The van der Waals surface area contributed by atoms with Crippen molar-refractivity contribution in [2.24, 2.45) is 0 Å². The van der Waals surface area contributed by atoms with E-state index >= 15 is 0 Å². The van der Waals surface area contributed by atoms with Gasteiger partial charge in [-0.3, -0.25) is 9.59 Å². The quantitative estimate of drug-likeness (QED) is 0.389. The monoisotopic (exact) mass is 486 g/mol. The second kappa shape index (κ2) is 10.8. The molecule has 2 aromatic rings. The molecule has 1 aliphatic heterocycles. The molecule has 10 heteroatoms. The Bertz CT molecular complexity index is 948. The summed E-state index contributed by atoms with van der Waals surface area (Å²) >= 11 is 14.0. The second-order valence-corrected chi connectivity index (χ2v) is 10.7. The van der Waals surface area contributed by atoms with Crippen molar-refractivity contribution in [3.63, 3.8) is 0 Å². The average molecular weight is 487 g/mol. The van der Waals surface area contributed by atoms with Crippen LogP contribution in [0.25, 0.3) is 0 Å². The third-order valence-electron chi connectivity index (χ3n) is 5.19. The van der Waals surface area contributed by atoms with E-state index in [1.54, 1.807) is 22.7 Å². The van der Waals surface area contributed by atoms with Crippen molar-refractivity contribution in [2.45, 2.75) is 65.5 Å². The van der Waals surface area contributed by atoms with Crippen molar-refractivity contribution in [3.8, 4) is 0 Å². The van der Waals surface area contributed by atoms with Crippen LogP contribution in [0.4, 0.5) is 0 Å². The van der Waals surface area contributed by atoms with E-state index in [4.69, 9.17) is 33.9 Å². The lowest BCUT2D eigenvalue weighted by atomic mass is 10.2. The number of hydrogen-bond acceptors (Lipinski definition) is 8. The first-order valence-corrected chi connectivity index (χ1v) is 12.5. The molecule has 0 fully saturated rings. The standard InChI is InChI=1S/C20H26N2O4S4/c1-13-15-7-11-25-18(24)6-4-10-22-14(2)16(30-20(22)28)8-12-26-17(23)5-3-9-21(13)19(27)29-15/h3-12H2,1-2H3. The maximum absolute atomic E-state index is 12.1. The molecular weight excluding hydrogens is 460 g/mol. The van der Waals surface area contributed by atoms with Gasteiger partial charge in [0.15, 0.2) is 7.91 Å². The zero-order valence-electron chi connectivity index (χ0n) is 17.2. The minimum Gasteiger partial charge on any atom is -0.465 e. The van der Waals surface area contributed by atoms with Crippen LogP contribution < -0.4 is 0 Å². The van der Waals surface area contributed by atoms with Gasteiger partial charge in [0.1, 0.15) is 0 Å². The summed E-state index contributed by atoms with van der Waals surface area (Å²) in [4.78, 5) is 26.5. The van der Waals surface area contributed by atoms with Gasteiger partial charge in [-0.2, -0.15) is 0 Å². The van der Waals surface area contributed by atoms with E-state index in [0.717, 1.165) is 29.1 Å². The van der Waals surface area contributed by atoms with Gasteiger partial charge in [-0.15, -0.1) is 22.7 Å². The largest absolute Gasteiger partial charge is 0.465 e. The minimum atomic E-state index is -0.184. The fourth-order valence-electron chi connectivity index (χ4n) is 3.45. The highest BCUT2D eigenvalue weighted by atomic mass is 32.2. The lowest BCUT2D eigenvalue weighted by Gasteiger charge is -2.10. The Morgan fingerprint density at radius 2 is 1.13 bits per heavy atom. The summed E-state index contributed by atoms with van der Waals surface area (Å²) < 4.78 is 16.5. The molecule has 2 aromatic heterocycles. The van der Waals surface area contributed by atoms with E-state index < -0.39 is 0 Å². The molecule has 0 radical (unpaired) electrons. The number of ether oxygens (including phenoxy) is 2. The molecule has 0 atom stereocenters. The van der Waals surface area contributed by atoms with Crippen LogP contribution in [0.1, 0.15) is 46.8 Å². The summed E-state index contributed by atoms with van der Waals surface area (Å²) in [6, 6.07) is 0. The molecule has 30 heavy (non-hydrogen) atoms. The highest BCUT2D eigenvalue weighted by Gasteiger charge is 2.14. The van der Waals surface area contributed by atoms with Crippen molar-refractivity contribution < 1.29 is 19.1 Å². The third kappa shape index (κ3) is 5.87. The van der Waals surface area contributed by atoms with Crippen molar-refractivity contribution in [3.05, 3.63) is 29.1 Å². The predicted octanol–water partition coefficient (Wildman–Crippen LogP) is 4.93. The Morgan fingerprint density at radius 1 is 0.733 bits per heavy atom. The highest BCUT2D eigenvalue weighted by molar-refractivity contribution is 7.73. The predicted molar refractivity (Wildman–Crippen MR) is 124 cm³/mol. The molecule has 1 aliphatic rings. The van der Waals surface area contributed by atoms with Crippen molar-refractivity contribution in [2.75, 3.05) is 13.2 Å². The van der Waals surface area contributed by atoms with E-state index in [9.17, 15) is 9.59 Å². The van der Waals surface area contributed by atoms with Gasteiger partial charge in [-0.1, -0.05) is 0 Å². The fourth-order valence-corrected chi connectivity index (χ4v) is 6.49. The zero-order valence-corrected chi connectivity index (χ0v) is 20.5. The van der Waals surface area contributed by atoms with Crippen LogP contribution in [-0.2, 0) is 45.0 Å². The Hall–Kier alpha value is -1.36. The number of aromatic nitrogens is 2. The number of rotatable bonds is 0. The Labute approximate surface area is 194 Å². The van der Waals surface area contributed by atoms with Crippen LogP contribution in [0.2, 0.25) is 0 Å². The van der Waals surface area contributed by atoms with Crippen LogP contribution in [0.5, 0.6) is 0 Å². The molecule has 0 N–H and O–H groups in total. The molecule has 0 aliphatic carbocycles. The SMILES string of the molecule is Cc1c2sc(=S)n1CCCC(=O)OCCc1sc(=S)n(c1C)CCCC(=O)OCC2. The molecule has 0 saturated heterocycles. The van der Waals surface area contributed by atoms with Gasteiger partial charge in [-0.05, 0) is 51.1 Å². The highest BCUT2D eigenvalue weighted by Crippen LogP contribution is 2.22. The number of nitrogens with zero attached hydrogens (tertiary/aromatic N) is 2. The van der Waals surface area contributed by atoms with E-state index in [1.807, 2.05) is 13.8 Å². The minimum absolute atomic E-state index is 0.184. The maximum atomic E-state index is 12.1. The normalized spacial score (nSPS) is 17.3. The molecule has 3 heterocycles. The number of cyclic esters (lactones) is 2. The van der Waals surface area contributed by atoms with Gasteiger partial charge in [0, 0.05) is 59.9 Å². The second-order valence-electron chi connectivity index (χ2n) is 7.20. The number of thiazole rings is 2. The Kier molecular flexibility index (Phi) is 8.38. The summed E-state index contributed by atoms with van der Waals surface area (Å²) in [5.74, 6) is -0.367. The number of carbonyl (C=O) groups is 2. The molecule has 0 spiro atoms. The van der Waals surface area contributed by atoms with Crippen LogP contribution in [0.15, 0.2) is 0 Å². The molecule has 3 rings (SSSR count). The smallest absolute Gasteiger partial charge is 0.305 e. The first-order chi connectivity index (χ1) is 14.4. The van der Waals surface area contributed by atoms with Crippen molar-refractivity contribution in [1.82, 2.24) is 9.13 Å². The Balaban J connectivity index is 1.71. The molecular formula is C20H26N2O4S4. The molecule has 0 amide bonds. The van der Waals surface area contributed by atoms with E-state index in [2.05, 4.69) is 9.13 Å². The van der Waals surface area contributed by atoms with Crippen molar-refractivity contribution >= 4 is 59.0 Å². The third-order valence-corrected chi connectivity index (χ3v) is 8.41. The summed E-state index contributed by atoms with van der Waals surface area (Å²) in [5.41, 5.74) is 2.17. The van der Waals surface area contributed by atoms with Gasteiger partial charge >= 0.3 is 11.9 Å². The Morgan fingerprint density at radius 3 is 1.53 bits per heavy atom. The van der Waals surface area contributed by atoms with Crippen LogP contribution in [0.3, 0.4) is 0 Å². The number of hydrogen-bond donors (Lipinski definition) is 0. The summed E-state index contributed by atoms with van der Waals surface area (Å²) in [5, 5.41) is 0. The topological polar surface area (TPSA) is 62.5 Å². The molecule has 0 unspecified atom stereocenters. The van der Waals surface area contributed by atoms with Gasteiger partial charge in [0.25, 0.3) is 0 Å². The van der Waals surface area contributed by atoms with Crippen LogP contribution in [-0.4, -0.2) is 34.3 Å². The first-order valence-electron chi connectivity index (χ1n) is 10.1. The van der Waals surface area contributed by atoms with Gasteiger partial charge in [0.05, 0.1) is 13.2 Å². The van der Waals surface area contributed by atoms with Crippen molar-refractivity contribution in [1.29, 1.82) is 0 Å². The summed E-state index contributed by atoms with van der Waals surface area (Å²) in [7, 11) is 0. The van der Waals surface area contributed by atoms with E-state index in [1.165, 1.54) is 0 Å². The van der Waals surface area contributed by atoms with Gasteiger partial charge in [-0.25, -0.2) is 0 Å². The molecule has 6 nitrogen and oxygen atoms in total. The summed E-state index contributed by atoms with van der Waals surface area (Å²) in [6.45, 7) is 6.10. The molecule has 164 valence electrons. The summed E-state index contributed by atoms with van der Waals surface area (Å²) in [6.07, 6.45) is 3.37. The first kappa shape index (κ1) is 23.3. The molecule has 0 saturated carbocycles. The molecule has 0 aromatic carbocycles. The number of fused-ring (bicyclic) bond motifs is 4. The van der Waals surface area contributed by atoms with Gasteiger partial charge < -0.3 is 18.6 Å². The maximum Gasteiger partial charge on any atom is 0.305 e.